The molecule has 2 aromatic rings. The predicted octanol–water partition coefficient (Wildman–Crippen LogP) is 4.92. The fourth-order valence-electron chi connectivity index (χ4n) is 1.59. The zero-order valence-electron chi connectivity index (χ0n) is 9.01. The van der Waals surface area contributed by atoms with Crippen molar-refractivity contribution in [3.63, 3.8) is 0 Å². The number of hydrogen-bond donors (Lipinski definition) is 0. The highest BCUT2D eigenvalue weighted by Crippen LogP contribution is 2.35. The minimum atomic E-state index is -0.311. The second-order valence-electron chi connectivity index (χ2n) is 3.47. The van der Waals surface area contributed by atoms with Crippen molar-refractivity contribution >= 4 is 27.5 Å². The van der Waals surface area contributed by atoms with Gasteiger partial charge in [-0.15, -0.1) is 0 Å². The highest BCUT2D eigenvalue weighted by Gasteiger charge is 2.11. The third kappa shape index (κ3) is 2.61. The summed E-state index contributed by atoms with van der Waals surface area (Å²) in [6.45, 7) is 0. The number of hydrogen-bond acceptors (Lipinski definition) is 1. The molecule has 0 aromatic heterocycles. The van der Waals surface area contributed by atoms with E-state index in [4.69, 9.17) is 16.3 Å². The lowest BCUT2D eigenvalue weighted by Gasteiger charge is -2.10. The topological polar surface area (TPSA) is 9.23 Å². The Labute approximate surface area is 112 Å². The third-order valence-electron chi connectivity index (χ3n) is 2.38. The van der Waals surface area contributed by atoms with Crippen molar-refractivity contribution in [2.45, 2.75) is 0 Å². The Morgan fingerprint density at radius 3 is 2.59 bits per heavy atom. The zero-order chi connectivity index (χ0) is 12.4. The maximum Gasteiger partial charge on any atom is 0.131 e. The van der Waals surface area contributed by atoms with Crippen molar-refractivity contribution in [3.8, 4) is 16.9 Å². The van der Waals surface area contributed by atoms with Gasteiger partial charge in [-0.25, -0.2) is 4.39 Å². The molecule has 0 amide bonds. The largest absolute Gasteiger partial charge is 0.496 e. The van der Waals surface area contributed by atoms with Crippen LogP contribution >= 0.6 is 27.5 Å². The summed E-state index contributed by atoms with van der Waals surface area (Å²) in [5.41, 5.74) is 1.09. The van der Waals surface area contributed by atoms with Crippen molar-refractivity contribution in [3.05, 3.63) is 51.7 Å². The molecule has 0 heterocycles. The van der Waals surface area contributed by atoms with Crippen molar-refractivity contribution < 1.29 is 9.13 Å². The van der Waals surface area contributed by atoms with Crippen molar-refractivity contribution in [2.75, 3.05) is 7.11 Å². The highest BCUT2D eigenvalue weighted by atomic mass is 79.9. The van der Waals surface area contributed by atoms with Crippen LogP contribution in [-0.2, 0) is 0 Å². The second kappa shape index (κ2) is 5.07. The van der Waals surface area contributed by atoms with Gasteiger partial charge >= 0.3 is 0 Å². The monoisotopic (exact) mass is 314 g/mol. The standard InChI is InChI=1S/C13H9BrClFO/c1-17-13-5-3-9(15)7-11(13)10-6-8(14)2-4-12(10)16/h2-7H,1H3. The van der Waals surface area contributed by atoms with Crippen LogP contribution in [0.4, 0.5) is 4.39 Å². The van der Waals surface area contributed by atoms with Crippen LogP contribution in [0, 0.1) is 5.82 Å². The van der Waals surface area contributed by atoms with Gasteiger partial charge in [0.2, 0.25) is 0 Å². The number of methoxy groups -OCH3 is 1. The SMILES string of the molecule is COc1ccc(Cl)cc1-c1cc(Br)ccc1F. The Kier molecular flexibility index (Phi) is 3.69. The van der Waals surface area contributed by atoms with Crippen LogP contribution in [-0.4, -0.2) is 7.11 Å². The molecule has 88 valence electrons. The van der Waals surface area contributed by atoms with E-state index in [0.29, 0.717) is 21.9 Å². The van der Waals surface area contributed by atoms with Gasteiger partial charge in [0.25, 0.3) is 0 Å². The van der Waals surface area contributed by atoms with Gasteiger partial charge in [0.05, 0.1) is 7.11 Å². The molecule has 0 saturated heterocycles. The van der Waals surface area contributed by atoms with Gasteiger partial charge < -0.3 is 4.74 Å². The lowest BCUT2D eigenvalue weighted by Crippen LogP contribution is -1.90. The Balaban J connectivity index is 2.66. The normalized spacial score (nSPS) is 10.4. The highest BCUT2D eigenvalue weighted by molar-refractivity contribution is 9.10. The van der Waals surface area contributed by atoms with E-state index in [1.54, 1.807) is 37.4 Å². The van der Waals surface area contributed by atoms with Crippen LogP contribution in [0.2, 0.25) is 5.02 Å². The first-order valence-corrected chi connectivity index (χ1v) is 6.08. The first-order valence-electron chi connectivity index (χ1n) is 4.91. The average Bonchev–Trinajstić information content (AvgIpc) is 2.32. The molecule has 1 nitrogen and oxygen atoms in total. The molecule has 0 aliphatic rings. The fourth-order valence-corrected chi connectivity index (χ4v) is 2.13. The molecule has 17 heavy (non-hydrogen) atoms. The molecular weight excluding hydrogens is 306 g/mol. The summed E-state index contributed by atoms with van der Waals surface area (Å²) in [5.74, 6) is 0.278. The Morgan fingerprint density at radius 1 is 1.12 bits per heavy atom. The quantitative estimate of drug-likeness (QED) is 0.764. The first kappa shape index (κ1) is 12.4. The second-order valence-corrected chi connectivity index (χ2v) is 4.82. The van der Waals surface area contributed by atoms with Gasteiger partial charge in [-0.1, -0.05) is 27.5 Å². The summed E-state index contributed by atoms with van der Waals surface area (Å²) >= 11 is 9.24. The van der Waals surface area contributed by atoms with Crippen LogP contribution in [0.5, 0.6) is 5.75 Å². The van der Waals surface area contributed by atoms with E-state index in [9.17, 15) is 4.39 Å². The number of ether oxygens (including phenoxy) is 1. The Morgan fingerprint density at radius 2 is 1.88 bits per heavy atom. The summed E-state index contributed by atoms with van der Waals surface area (Å²) in [7, 11) is 1.54. The molecule has 0 bridgehead atoms. The average molecular weight is 316 g/mol. The van der Waals surface area contributed by atoms with Gasteiger partial charge in [0, 0.05) is 20.6 Å². The van der Waals surface area contributed by atoms with Gasteiger partial charge in [-0.05, 0) is 36.4 Å². The molecular formula is C13H9BrClFO. The first-order chi connectivity index (χ1) is 8.11. The van der Waals surface area contributed by atoms with Crippen molar-refractivity contribution in [1.29, 1.82) is 0 Å². The van der Waals surface area contributed by atoms with Crippen LogP contribution < -0.4 is 4.74 Å². The molecule has 0 unspecified atom stereocenters. The van der Waals surface area contributed by atoms with Crippen LogP contribution in [0.15, 0.2) is 40.9 Å². The maximum atomic E-state index is 13.8. The molecule has 0 radical (unpaired) electrons. The summed E-state index contributed by atoms with van der Waals surface area (Å²) < 4.78 is 19.8. The van der Waals surface area contributed by atoms with Crippen LogP contribution in [0.1, 0.15) is 0 Å². The van der Waals surface area contributed by atoms with E-state index < -0.39 is 0 Å². The van der Waals surface area contributed by atoms with Crippen molar-refractivity contribution in [2.24, 2.45) is 0 Å². The number of halogens is 3. The smallest absolute Gasteiger partial charge is 0.131 e. The molecule has 2 aromatic carbocycles. The molecule has 0 fully saturated rings. The molecule has 2 rings (SSSR count). The van der Waals surface area contributed by atoms with E-state index >= 15 is 0 Å². The number of rotatable bonds is 2. The van der Waals surface area contributed by atoms with E-state index in [0.717, 1.165) is 4.47 Å². The Hall–Kier alpha value is -1.06. The Bertz CT molecular complexity index is 557. The van der Waals surface area contributed by atoms with Crippen molar-refractivity contribution in [1.82, 2.24) is 0 Å². The van der Waals surface area contributed by atoms with E-state index in [1.165, 1.54) is 6.07 Å². The van der Waals surface area contributed by atoms with Gasteiger partial charge in [0.1, 0.15) is 11.6 Å². The summed E-state index contributed by atoms with van der Waals surface area (Å²) in [5, 5.41) is 0.542. The molecule has 0 spiro atoms. The van der Waals surface area contributed by atoms with Gasteiger partial charge in [-0.3, -0.25) is 0 Å². The molecule has 4 heteroatoms. The van der Waals surface area contributed by atoms with E-state index in [1.807, 2.05) is 0 Å². The number of benzene rings is 2. The lowest BCUT2D eigenvalue weighted by atomic mass is 10.0. The van der Waals surface area contributed by atoms with Crippen LogP contribution in [0.3, 0.4) is 0 Å². The summed E-state index contributed by atoms with van der Waals surface area (Å²) in [6.07, 6.45) is 0. The van der Waals surface area contributed by atoms with Gasteiger partial charge in [-0.2, -0.15) is 0 Å². The fraction of sp³-hybridized carbons (Fsp3) is 0.0769. The zero-order valence-corrected chi connectivity index (χ0v) is 11.3. The summed E-state index contributed by atoms with van der Waals surface area (Å²) in [6, 6.07) is 9.86. The molecule has 0 atom stereocenters. The van der Waals surface area contributed by atoms with Crippen LogP contribution in [0.25, 0.3) is 11.1 Å². The maximum absolute atomic E-state index is 13.8. The van der Waals surface area contributed by atoms with Gasteiger partial charge in [0.15, 0.2) is 0 Å². The minimum Gasteiger partial charge on any atom is -0.496 e. The molecule has 0 aliphatic carbocycles. The molecule has 0 saturated carbocycles. The molecule has 0 N–H and O–H groups in total. The summed E-state index contributed by atoms with van der Waals surface area (Å²) in [4.78, 5) is 0. The lowest BCUT2D eigenvalue weighted by molar-refractivity contribution is 0.416. The predicted molar refractivity (Wildman–Crippen MR) is 71.1 cm³/mol. The van der Waals surface area contributed by atoms with E-state index in [-0.39, 0.29) is 5.82 Å². The van der Waals surface area contributed by atoms with E-state index in [2.05, 4.69) is 15.9 Å². The minimum absolute atomic E-state index is 0.311. The third-order valence-corrected chi connectivity index (χ3v) is 3.11. The molecule has 0 aliphatic heterocycles.